The van der Waals surface area contributed by atoms with E-state index in [4.69, 9.17) is 4.98 Å². The fourth-order valence-corrected chi connectivity index (χ4v) is 4.02. The van der Waals surface area contributed by atoms with Crippen LogP contribution in [-0.4, -0.2) is 35.5 Å². The Kier molecular flexibility index (Phi) is 4.45. The summed E-state index contributed by atoms with van der Waals surface area (Å²) in [5.74, 6) is 2.31. The van der Waals surface area contributed by atoms with E-state index < -0.39 is 0 Å². The van der Waals surface area contributed by atoms with Crippen molar-refractivity contribution in [2.24, 2.45) is 0 Å². The van der Waals surface area contributed by atoms with Crippen LogP contribution in [0.25, 0.3) is 11.3 Å². The topological polar surface area (TPSA) is 45.2 Å². The Bertz CT molecular complexity index is 618. The molecule has 1 aromatic carbocycles. The quantitative estimate of drug-likeness (QED) is 0.942. The number of nitrogens with zero attached hydrogens (tertiary/aromatic N) is 2. The molecule has 1 aliphatic heterocycles. The van der Waals surface area contributed by atoms with Crippen LogP contribution in [0.2, 0.25) is 0 Å². The number of hydrogen-bond donors (Lipinski definition) is 1. The van der Waals surface area contributed by atoms with Gasteiger partial charge in [0.1, 0.15) is 0 Å². The van der Waals surface area contributed by atoms with Crippen molar-refractivity contribution in [3.05, 3.63) is 29.6 Å². The predicted octanol–water partition coefficient (Wildman–Crippen LogP) is 3.32. The lowest BCUT2D eigenvalue weighted by Crippen LogP contribution is -2.32. The van der Waals surface area contributed by atoms with Crippen molar-refractivity contribution in [2.45, 2.75) is 6.92 Å². The van der Waals surface area contributed by atoms with Crippen LogP contribution in [-0.2, 0) is 4.79 Å². The van der Waals surface area contributed by atoms with Crippen molar-refractivity contribution >= 4 is 39.8 Å². The van der Waals surface area contributed by atoms with Gasteiger partial charge in [0.25, 0.3) is 0 Å². The summed E-state index contributed by atoms with van der Waals surface area (Å²) in [6, 6.07) is 7.81. The molecule has 21 heavy (non-hydrogen) atoms. The summed E-state index contributed by atoms with van der Waals surface area (Å²) in [6.07, 6.45) is 0. The molecule has 0 unspecified atom stereocenters. The Hall–Kier alpha value is -1.53. The van der Waals surface area contributed by atoms with Gasteiger partial charge in [-0.3, -0.25) is 4.79 Å². The third kappa shape index (κ3) is 3.57. The van der Waals surface area contributed by atoms with E-state index in [1.807, 2.05) is 36.0 Å². The summed E-state index contributed by atoms with van der Waals surface area (Å²) in [7, 11) is 0. The number of nitrogens with one attached hydrogen (secondary N) is 1. The lowest BCUT2D eigenvalue weighted by molar-refractivity contribution is -0.114. The Labute approximate surface area is 132 Å². The normalized spacial score (nSPS) is 15.0. The smallest absolute Gasteiger partial charge is 0.221 e. The lowest BCUT2D eigenvalue weighted by atomic mass is 10.1. The SMILES string of the molecule is CC(=O)Nc1ccc(-c2csc(N3CCSCC3)n2)cc1. The number of rotatable bonds is 3. The number of thioether (sulfide) groups is 1. The van der Waals surface area contributed by atoms with E-state index in [-0.39, 0.29) is 5.91 Å². The summed E-state index contributed by atoms with van der Waals surface area (Å²) >= 11 is 3.71. The molecule has 3 rings (SSSR count). The van der Waals surface area contributed by atoms with Gasteiger partial charge >= 0.3 is 0 Å². The fraction of sp³-hybridized carbons (Fsp3) is 0.333. The zero-order chi connectivity index (χ0) is 14.7. The minimum absolute atomic E-state index is 0.0540. The summed E-state index contributed by atoms with van der Waals surface area (Å²) < 4.78 is 0. The van der Waals surface area contributed by atoms with Gasteiger partial charge < -0.3 is 10.2 Å². The highest BCUT2D eigenvalue weighted by Gasteiger charge is 2.15. The zero-order valence-corrected chi connectivity index (χ0v) is 13.5. The van der Waals surface area contributed by atoms with Gasteiger partial charge in [-0.1, -0.05) is 12.1 Å². The van der Waals surface area contributed by atoms with Gasteiger partial charge in [0.15, 0.2) is 5.13 Å². The molecule has 1 amide bonds. The number of thiazole rings is 1. The third-order valence-corrected chi connectivity index (χ3v) is 5.12. The largest absolute Gasteiger partial charge is 0.346 e. The molecule has 0 aliphatic carbocycles. The number of anilines is 2. The number of carbonyl (C=O) groups is 1. The van der Waals surface area contributed by atoms with E-state index in [1.54, 1.807) is 11.3 Å². The molecule has 1 aromatic heterocycles. The number of amides is 1. The van der Waals surface area contributed by atoms with E-state index in [0.717, 1.165) is 35.2 Å². The van der Waals surface area contributed by atoms with Gasteiger partial charge in [-0.15, -0.1) is 11.3 Å². The van der Waals surface area contributed by atoms with Crippen molar-refractivity contribution in [1.29, 1.82) is 0 Å². The Morgan fingerprint density at radius 3 is 2.62 bits per heavy atom. The van der Waals surface area contributed by atoms with Crippen molar-refractivity contribution < 1.29 is 4.79 Å². The average molecular weight is 319 g/mol. The molecule has 0 saturated carbocycles. The van der Waals surface area contributed by atoms with Gasteiger partial charge in [0.05, 0.1) is 5.69 Å². The standard InChI is InChI=1S/C15H17N3OS2/c1-11(19)16-13-4-2-12(3-5-13)14-10-21-15(17-14)18-6-8-20-9-7-18/h2-5,10H,6-9H2,1H3,(H,16,19). The Morgan fingerprint density at radius 2 is 1.95 bits per heavy atom. The second kappa shape index (κ2) is 6.49. The molecule has 110 valence electrons. The van der Waals surface area contributed by atoms with Gasteiger partial charge in [0.2, 0.25) is 5.91 Å². The molecule has 6 heteroatoms. The van der Waals surface area contributed by atoms with Gasteiger partial charge in [-0.05, 0) is 12.1 Å². The van der Waals surface area contributed by atoms with Crippen LogP contribution < -0.4 is 10.2 Å². The minimum Gasteiger partial charge on any atom is -0.346 e. The van der Waals surface area contributed by atoms with Gasteiger partial charge in [0, 0.05) is 48.1 Å². The van der Waals surface area contributed by atoms with Crippen LogP contribution >= 0.6 is 23.1 Å². The molecule has 0 bridgehead atoms. The van der Waals surface area contributed by atoms with E-state index in [0.29, 0.717) is 0 Å². The zero-order valence-electron chi connectivity index (χ0n) is 11.8. The third-order valence-electron chi connectivity index (χ3n) is 3.27. The van der Waals surface area contributed by atoms with Crippen LogP contribution in [0, 0.1) is 0 Å². The van der Waals surface area contributed by atoms with E-state index in [2.05, 4.69) is 15.6 Å². The highest BCUT2D eigenvalue weighted by atomic mass is 32.2. The predicted molar refractivity (Wildman–Crippen MR) is 91.4 cm³/mol. The van der Waals surface area contributed by atoms with E-state index in [9.17, 15) is 4.79 Å². The maximum Gasteiger partial charge on any atom is 0.221 e. The highest BCUT2D eigenvalue weighted by molar-refractivity contribution is 7.99. The molecular formula is C15H17N3OS2. The molecule has 1 fully saturated rings. The molecule has 2 aromatic rings. The van der Waals surface area contributed by atoms with Crippen molar-refractivity contribution in [2.75, 3.05) is 34.8 Å². The van der Waals surface area contributed by atoms with Crippen LogP contribution in [0.4, 0.5) is 10.8 Å². The lowest BCUT2D eigenvalue weighted by Gasteiger charge is -2.25. The number of hydrogen-bond acceptors (Lipinski definition) is 5. The molecule has 0 atom stereocenters. The van der Waals surface area contributed by atoms with Crippen LogP contribution in [0.3, 0.4) is 0 Å². The Balaban J connectivity index is 1.74. The number of aromatic nitrogens is 1. The second-order valence-corrected chi connectivity index (χ2v) is 6.93. The molecule has 2 heterocycles. The molecule has 1 saturated heterocycles. The first kappa shape index (κ1) is 14.4. The number of carbonyl (C=O) groups excluding carboxylic acids is 1. The Morgan fingerprint density at radius 1 is 1.24 bits per heavy atom. The summed E-state index contributed by atoms with van der Waals surface area (Å²) in [6.45, 7) is 3.68. The average Bonchev–Trinajstić information content (AvgIpc) is 2.98. The summed E-state index contributed by atoms with van der Waals surface area (Å²) in [5.41, 5.74) is 2.90. The maximum absolute atomic E-state index is 11.0. The van der Waals surface area contributed by atoms with Crippen LogP contribution in [0.15, 0.2) is 29.6 Å². The van der Waals surface area contributed by atoms with E-state index in [1.165, 1.54) is 18.4 Å². The fourth-order valence-electron chi connectivity index (χ4n) is 2.22. The van der Waals surface area contributed by atoms with Crippen molar-refractivity contribution in [1.82, 2.24) is 4.98 Å². The summed E-state index contributed by atoms with van der Waals surface area (Å²) in [5, 5.41) is 5.98. The molecule has 1 aliphatic rings. The molecule has 0 spiro atoms. The molecule has 4 nitrogen and oxygen atoms in total. The number of benzene rings is 1. The van der Waals surface area contributed by atoms with Crippen LogP contribution in [0.5, 0.6) is 0 Å². The highest BCUT2D eigenvalue weighted by Crippen LogP contribution is 2.29. The van der Waals surface area contributed by atoms with Gasteiger partial charge in [-0.25, -0.2) is 4.98 Å². The molecular weight excluding hydrogens is 302 g/mol. The second-order valence-electron chi connectivity index (χ2n) is 4.87. The van der Waals surface area contributed by atoms with E-state index >= 15 is 0 Å². The van der Waals surface area contributed by atoms with Gasteiger partial charge in [-0.2, -0.15) is 11.8 Å². The monoisotopic (exact) mass is 319 g/mol. The first-order valence-electron chi connectivity index (χ1n) is 6.88. The van der Waals surface area contributed by atoms with Crippen molar-refractivity contribution in [3.8, 4) is 11.3 Å². The molecule has 1 N–H and O–H groups in total. The molecule has 0 radical (unpaired) electrons. The summed E-state index contributed by atoms with van der Waals surface area (Å²) in [4.78, 5) is 18.1. The first-order valence-corrected chi connectivity index (χ1v) is 8.92. The van der Waals surface area contributed by atoms with Crippen molar-refractivity contribution in [3.63, 3.8) is 0 Å². The minimum atomic E-state index is -0.0540. The van der Waals surface area contributed by atoms with Crippen LogP contribution in [0.1, 0.15) is 6.92 Å². The maximum atomic E-state index is 11.0. The first-order chi connectivity index (χ1) is 10.2.